The van der Waals surface area contributed by atoms with Crippen LogP contribution < -0.4 is 4.90 Å². The molecule has 14 rings (SSSR count). The van der Waals surface area contributed by atoms with Gasteiger partial charge in [-0.2, -0.15) is 0 Å². The topological polar surface area (TPSA) is 42.7 Å². The molecule has 67 heavy (non-hydrogen) atoms. The summed E-state index contributed by atoms with van der Waals surface area (Å²) in [6.07, 6.45) is 0. The molecule has 0 atom stereocenters. The number of hydrogen-bond acceptors (Lipinski definition) is 4. The molecule has 0 amide bonds. The Bertz CT molecular complexity index is 4110. The van der Waals surface area contributed by atoms with Crippen molar-refractivity contribution < 1.29 is 13.3 Å². The molecule has 0 saturated carbocycles. The quantitative estimate of drug-likeness (QED) is 0.167. The second-order valence-electron chi connectivity index (χ2n) is 18.4. The molecule has 0 saturated heterocycles. The van der Waals surface area contributed by atoms with Crippen LogP contribution in [0.2, 0.25) is 0 Å². The van der Waals surface area contributed by atoms with Crippen molar-refractivity contribution in [3.05, 3.63) is 223 Å². The van der Waals surface area contributed by atoms with Crippen LogP contribution in [0.1, 0.15) is 25.0 Å². The van der Waals surface area contributed by atoms with Crippen molar-refractivity contribution in [1.29, 1.82) is 0 Å². The van der Waals surface area contributed by atoms with Gasteiger partial charge in [-0.25, -0.2) is 0 Å². The predicted octanol–water partition coefficient (Wildman–Crippen LogP) is 18.2. The van der Waals surface area contributed by atoms with Gasteiger partial charge >= 0.3 is 0 Å². The average molecular weight is 860 g/mol. The molecular formula is C63H41NO3. The highest BCUT2D eigenvalue weighted by atomic mass is 16.3. The van der Waals surface area contributed by atoms with Gasteiger partial charge in [0, 0.05) is 65.9 Å². The molecular weight excluding hydrogens is 819 g/mol. The fourth-order valence-corrected chi connectivity index (χ4v) is 11.0. The first kappa shape index (κ1) is 37.7. The summed E-state index contributed by atoms with van der Waals surface area (Å²) >= 11 is 0. The number of para-hydroxylation sites is 3. The summed E-state index contributed by atoms with van der Waals surface area (Å²) in [5.74, 6) is 0. The van der Waals surface area contributed by atoms with Gasteiger partial charge < -0.3 is 18.2 Å². The largest absolute Gasteiger partial charge is 0.456 e. The van der Waals surface area contributed by atoms with Gasteiger partial charge in [0.05, 0.1) is 0 Å². The zero-order valence-corrected chi connectivity index (χ0v) is 36.9. The third kappa shape index (κ3) is 5.66. The van der Waals surface area contributed by atoms with Gasteiger partial charge in [0.2, 0.25) is 0 Å². The SMILES string of the molecule is CC1(C)c2ccccc2-c2ccc(N(c3ccc(-c4ccccc4)cc3)c3ccc(-c4cc(-c5cccc6c5oc5ccccc56)c5oc6ccc7oc8ccccc8c7c6c5c4)cc3)cc21. The van der Waals surface area contributed by atoms with E-state index < -0.39 is 0 Å². The molecule has 13 aromatic rings. The lowest BCUT2D eigenvalue weighted by molar-refractivity contribution is 0.660. The van der Waals surface area contributed by atoms with Gasteiger partial charge in [0.25, 0.3) is 0 Å². The van der Waals surface area contributed by atoms with Crippen LogP contribution >= 0.6 is 0 Å². The van der Waals surface area contributed by atoms with Crippen LogP contribution in [0.15, 0.2) is 226 Å². The third-order valence-electron chi connectivity index (χ3n) is 14.3. The lowest BCUT2D eigenvalue weighted by Crippen LogP contribution is -2.16. The Balaban J connectivity index is 0.959. The van der Waals surface area contributed by atoms with Crippen molar-refractivity contribution in [2.75, 3.05) is 4.90 Å². The summed E-state index contributed by atoms with van der Waals surface area (Å²) < 4.78 is 20.0. The van der Waals surface area contributed by atoms with Crippen molar-refractivity contribution in [2.24, 2.45) is 0 Å². The number of nitrogens with zero attached hydrogens (tertiary/aromatic N) is 1. The van der Waals surface area contributed by atoms with Crippen LogP contribution in [0.5, 0.6) is 0 Å². The van der Waals surface area contributed by atoms with E-state index in [1.807, 2.05) is 36.4 Å². The van der Waals surface area contributed by atoms with Crippen molar-refractivity contribution in [3.63, 3.8) is 0 Å². The van der Waals surface area contributed by atoms with Crippen LogP contribution in [0.3, 0.4) is 0 Å². The van der Waals surface area contributed by atoms with Gasteiger partial charge in [-0.15, -0.1) is 0 Å². The van der Waals surface area contributed by atoms with Crippen molar-refractivity contribution in [3.8, 4) is 44.5 Å². The first-order chi connectivity index (χ1) is 33.0. The van der Waals surface area contributed by atoms with Crippen molar-refractivity contribution >= 4 is 82.9 Å². The van der Waals surface area contributed by atoms with Crippen LogP contribution in [-0.4, -0.2) is 0 Å². The van der Waals surface area contributed by atoms with Crippen LogP contribution in [0.25, 0.3) is 110 Å². The van der Waals surface area contributed by atoms with Crippen LogP contribution in [0.4, 0.5) is 17.1 Å². The Morgan fingerprint density at radius 2 is 0.851 bits per heavy atom. The molecule has 0 bridgehead atoms. The predicted molar refractivity (Wildman–Crippen MR) is 277 cm³/mol. The summed E-state index contributed by atoms with van der Waals surface area (Å²) in [4.78, 5) is 2.39. The second kappa shape index (κ2) is 14.2. The summed E-state index contributed by atoms with van der Waals surface area (Å²) in [5.41, 5.74) is 20.0. The molecule has 0 aliphatic heterocycles. The molecule has 0 spiro atoms. The fraction of sp³-hybridized carbons (Fsp3) is 0.0476. The molecule has 4 heteroatoms. The molecule has 0 N–H and O–H groups in total. The standard InChI is InChI=1S/C63H41NO3/c1-63(2)53-20-9-6-15-45(53)46-32-31-44(37-54(46)63)64(42-27-23-39(24-28-42)38-13-4-3-5-14-38)43-29-25-40(26-30-43)41-35-51(49-19-12-18-48-47-16-7-10-21-55(47)66-61(48)49)62-52(36-41)60-58(67-62)34-33-57-59(60)50-17-8-11-22-56(50)65-57/h3-37H,1-2H3. The highest BCUT2D eigenvalue weighted by Crippen LogP contribution is 2.51. The molecule has 3 heterocycles. The average Bonchev–Trinajstić information content (AvgIpc) is 4.12. The molecule has 0 unspecified atom stereocenters. The molecule has 10 aromatic carbocycles. The smallest absolute Gasteiger partial charge is 0.143 e. The van der Waals surface area contributed by atoms with E-state index in [0.717, 1.165) is 105 Å². The monoisotopic (exact) mass is 859 g/mol. The number of benzene rings is 10. The Morgan fingerprint density at radius 3 is 1.63 bits per heavy atom. The molecule has 1 aliphatic rings. The maximum atomic E-state index is 6.94. The minimum Gasteiger partial charge on any atom is -0.456 e. The van der Waals surface area contributed by atoms with Crippen LogP contribution in [-0.2, 0) is 5.41 Å². The molecule has 0 fully saturated rings. The van der Waals surface area contributed by atoms with Gasteiger partial charge in [-0.3, -0.25) is 0 Å². The van der Waals surface area contributed by atoms with Crippen molar-refractivity contribution in [2.45, 2.75) is 19.3 Å². The van der Waals surface area contributed by atoms with E-state index in [0.29, 0.717) is 0 Å². The van der Waals surface area contributed by atoms with E-state index in [2.05, 4.69) is 195 Å². The van der Waals surface area contributed by atoms with E-state index in [1.165, 1.54) is 33.4 Å². The Kier molecular flexibility index (Phi) is 8.00. The fourth-order valence-electron chi connectivity index (χ4n) is 11.0. The highest BCUT2D eigenvalue weighted by molar-refractivity contribution is 6.27. The summed E-state index contributed by atoms with van der Waals surface area (Å²) in [7, 11) is 0. The number of hydrogen-bond donors (Lipinski definition) is 0. The number of fused-ring (bicyclic) bond motifs is 13. The molecule has 4 nitrogen and oxygen atoms in total. The maximum absolute atomic E-state index is 6.94. The third-order valence-corrected chi connectivity index (χ3v) is 14.3. The van der Waals surface area contributed by atoms with E-state index in [-0.39, 0.29) is 5.41 Å². The molecule has 3 aromatic heterocycles. The highest BCUT2D eigenvalue weighted by Gasteiger charge is 2.36. The van der Waals surface area contributed by atoms with E-state index in [9.17, 15) is 0 Å². The minimum absolute atomic E-state index is 0.136. The lowest BCUT2D eigenvalue weighted by atomic mass is 9.82. The molecule has 0 radical (unpaired) electrons. The number of anilines is 3. The number of furan rings is 3. The van der Waals surface area contributed by atoms with E-state index in [4.69, 9.17) is 13.3 Å². The number of rotatable bonds is 6. The van der Waals surface area contributed by atoms with Gasteiger partial charge in [0.15, 0.2) is 0 Å². The zero-order valence-electron chi connectivity index (χ0n) is 36.9. The Morgan fingerprint density at radius 1 is 0.313 bits per heavy atom. The summed E-state index contributed by atoms with van der Waals surface area (Å²) in [5, 5.41) is 6.36. The zero-order chi connectivity index (χ0) is 44.4. The second-order valence-corrected chi connectivity index (χ2v) is 18.4. The van der Waals surface area contributed by atoms with Gasteiger partial charge in [-0.05, 0) is 117 Å². The minimum atomic E-state index is -0.136. The van der Waals surface area contributed by atoms with E-state index in [1.54, 1.807) is 0 Å². The molecule has 1 aliphatic carbocycles. The van der Waals surface area contributed by atoms with Crippen molar-refractivity contribution in [1.82, 2.24) is 0 Å². The van der Waals surface area contributed by atoms with Gasteiger partial charge in [0.1, 0.15) is 33.5 Å². The normalized spacial score (nSPS) is 13.0. The summed E-state index contributed by atoms with van der Waals surface area (Å²) in [6.45, 7) is 4.69. The first-order valence-corrected chi connectivity index (χ1v) is 23.0. The summed E-state index contributed by atoms with van der Waals surface area (Å²) in [6, 6.07) is 76.0. The maximum Gasteiger partial charge on any atom is 0.143 e. The van der Waals surface area contributed by atoms with E-state index >= 15 is 0 Å². The Hall–Kier alpha value is -8.60. The molecule has 316 valence electrons. The lowest BCUT2D eigenvalue weighted by Gasteiger charge is -2.28. The first-order valence-electron chi connectivity index (χ1n) is 23.0. The Labute approximate surface area is 386 Å². The van der Waals surface area contributed by atoms with Crippen LogP contribution in [0, 0.1) is 0 Å². The van der Waals surface area contributed by atoms with Gasteiger partial charge in [-0.1, -0.05) is 153 Å².